The lowest BCUT2D eigenvalue weighted by molar-refractivity contribution is -0.118. The molecule has 37 heavy (non-hydrogen) atoms. The number of rotatable bonds is 7. The summed E-state index contributed by atoms with van der Waals surface area (Å²) in [6.45, 7) is -0.285. The molecule has 0 saturated carbocycles. The molecular formula is C28H19ClFN3O3S. The summed E-state index contributed by atoms with van der Waals surface area (Å²) in [5.74, 6) is -0.797. The van der Waals surface area contributed by atoms with E-state index in [2.05, 4.69) is 15.6 Å². The van der Waals surface area contributed by atoms with Gasteiger partial charge in [0.2, 0.25) is 0 Å². The maximum Gasteiger partial charge on any atom is 0.264 e. The molecule has 9 heteroatoms. The Kier molecular flexibility index (Phi) is 7.11. The minimum absolute atomic E-state index is 0.250. The number of halogens is 2. The molecule has 0 aliphatic rings. The smallest absolute Gasteiger partial charge is 0.264 e. The SMILES string of the molecule is O=C(COc1ccccc1Cl)Nc1nc(-c2ccc(F)cc2)c(NC(=O)c2cccc3ccccc23)s1. The summed E-state index contributed by atoms with van der Waals surface area (Å²) >= 11 is 7.16. The molecule has 1 heterocycles. The Morgan fingerprint density at radius 3 is 2.43 bits per heavy atom. The number of para-hydroxylation sites is 1. The number of carbonyl (C=O) groups excluding carboxylic acids is 2. The first-order valence-electron chi connectivity index (χ1n) is 11.2. The van der Waals surface area contributed by atoms with Gasteiger partial charge in [0.05, 0.1) is 5.02 Å². The summed E-state index contributed by atoms with van der Waals surface area (Å²) in [5, 5.41) is 8.40. The molecule has 5 aromatic rings. The zero-order valence-electron chi connectivity index (χ0n) is 19.2. The minimum atomic E-state index is -0.453. The van der Waals surface area contributed by atoms with Gasteiger partial charge in [-0.1, -0.05) is 71.5 Å². The van der Waals surface area contributed by atoms with Crippen LogP contribution in [-0.4, -0.2) is 23.4 Å². The molecule has 0 radical (unpaired) electrons. The van der Waals surface area contributed by atoms with Crippen molar-refractivity contribution in [3.05, 3.63) is 107 Å². The molecule has 0 saturated heterocycles. The summed E-state index contributed by atoms with van der Waals surface area (Å²) in [6.07, 6.45) is 0. The number of hydrogen-bond donors (Lipinski definition) is 2. The van der Waals surface area contributed by atoms with Crippen LogP contribution in [0.15, 0.2) is 91.0 Å². The average Bonchev–Trinajstić information content (AvgIpc) is 3.29. The second-order valence-corrected chi connectivity index (χ2v) is 9.36. The van der Waals surface area contributed by atoms with E-state index in [1.54, 1.807) is 42.5 Å². The number of hydrogen-bond acceptors (Lipinski definition) is 5. The molecule has 0 bridgehead atoms. The van der Waals surface area contributed by atoms with E-state index >= 15 is 0 Å². The van der Waals surface area contributed by atoms with Gasteiger partial charge < -0.3 is 10.1 Å². The van der Waals surface area contributed by atoms with Crippen LogP contribution in [0, 0.1) is 5.82 Å². The lowest BCUT2D eigenvalue weighted by Crippen LogP contribution is -2.20. The number of carbonyl (C=O) groups is 2. The summed E-state index contributed by atoms with van der Waals surface area (Å²) in [6, 6.07) is 25.6. The van der Waals surface area contributed by atoms with Gasteiger partial charge in [-0.05, 0) is 53.2 Å². The van der Waals surface area contributed by atoms with Crippen LogP contribution in [0.5, 0.6) is 5.75 Å². The first-order valence-corrected chi connectivity index (χ1v) is 12.4. The molecule has 6 nitrogen and oxygen atoms in total. The second-order valence-electron chi connectivity index (χ2n) is 7.95. The van der Waals surface area contributed by atoms with Crippen molar-refractivity contribution in [1.29, 1.82) is 0 Å². The Labute approximate surface area is 220 Å². The molecule has 0 aliphatic heterocycles. The van der Waals surface area contributed by atoms with Crippen molar-refractivity contribution >= 4 is 55.7 Å². The summed E-state index contributed by atoms with van der Waals surface area (Å²) in [4.78, 5) is 30.3. The normalized spacial score (nSPS) is 10.8. The molecule has 2 N–H and O–H groups in total. The molecule has 0 aliphatic carbocycles. The molecule has 4 aromatic carbocycles. The van der Waals surface area contributed by atoms with Crippen molar-refractivity contribution in [1.82, 2.24) is 4.98 Å². The Balaban J connectivity index is 1.40. The highest BCUT2D eigenvalue weighted by atomic mass is 35.5. The Bertz CT molecular complexity index is 1600. The quantitative estimate of drug-likeness (QED) is 0.236. The fourth-order valence-electron chi connectivity index (χ4n) is 3.72. The zero-order chi connectivity index (χ0) is 25.8. The fraction of sp³-hybridized carbons (Fsp3) is 0.0357. The second kappa shape index (κ2) is 10.8. The fourth-order valence-corrected chi connectivity index (χ4v) is 4.81. The van der Waals surface area contributed by atoms with E-state index in [0.29, 0.717) is 32.6 Å². The van der Waals surface area contributed by atoms with E-state index in [0.717, 1.165) is 22.1 Å². The van der Waals surface area contributed by atoms with E-state index < -0.39 is 11.7 Å². The Hall–Kier alpha value is -4.27. The minimum Gasteiger partial charge on any atom is -0.482 e. The number of nitrogens with zero attached hydrogens (tertiary/aromatic N) is 1. The van der Waals surface area contributed by atoms with Crippen molar-refractivity contribution in [3.8, 4) is 17.0 Å². The largest absolute Gasteiger partial charge is 0.482 e. The van der Waals surface area contributed by atoms with E-state index in [4.69, 9.17) is 16.3 Å². The number of thiazole rings is 1. The zero-order valence-corrected chi connectivity index (χ0v) is 20.8. The Morgan fingerprint density at radius 2 is 1.62 bits per heavy atom. The highest BCUT2D eigenvalue weighted by molar-refractivity contribution is 7.20. The van der Waals surface area contributed by atoms with E-state index in [9.17, 15) is 14.0 Å². The van der Waals surface area contributed by atoms with Gasteiger partial charge in [0.15, 0.2) is 11.7 Å². The topological polar surface area (TPSA) is 80.3 Å². The van der Waals surface area contributed by atoms with Crippen LogP contribution in [0.2, 0.25) is 5.02 Å². The van der Waals surface area contributed by atoms with Gasteiger partial charge in [-0.3, -0.25) is 14.9 Å². The van der Waals surface area contributed by atoms with Gasteiger partial charge >= 0.3 is 0 Å². The van der Waals surface area contributed by atoms with Crippen LogP contribution in [0.4, 0.5) is 14.5 Å². The highest BCUT2D eigenvalue weighted by Crippen LogP contribution is 2.36. The summed E-state index contributed by atoms with van der Waals surface area (Å²) in [5.41, 5.74) is 1.48. The van der Waals surface area contributed by atoms with Crippen molar-refractivity contribution in [2.24, 2.45) is 0 Å². The lowest BCUT2D eigenvalue weighted by atomic mass is 10.0. The molecule has 0 atom stereocenters. The van der Waals surface area contributed by atoms with Crippen molar-refractivity contribution in [2.75, 3.05) is 17.2 Å². The number of anilines is 2. The molecule has 0 unspecified atom stereocenters. The monoisotopic (exact) mass is 531 g/mol. The third-order valence-corrected chi connectivity index (χ3v) is 6.65. The van der Waals surface area contributed by atoms with Gasteiger partial charge in [-0.25, -0.2) is 9.37 Å². The average molecular weight is 532 g/mol. The third-order valence-electron chi connectivity index (χ3n) is 5.45. The van der Waals surface area contributed by atoms with Crippen LogP contribution in [0.1, 0.15) is 10.4 Å². The molecule has 2 amide bonds. The van der Waals surface area contributed by atoms with Crippen molar-refractivity contribution in [2.45, 2.75) is 0 Å². The van der Waals surface area contributed by atoms with Crippen molar-refractivity contribution < 1.29 is 18.7 Å². The predicted octanol–water partition coefficient (Wildman–Crippen LogP) is 7.03. The first-order chi connectivity index (χ1) is 18.0. The van der Waals surface area contributed by atoms with E-state index in [1.165, 1.54) is 12.1 Å². The number of fused-ring (bicyclic) bond motifs is 1. The molecule has 0 spiro atoms. The number of aromatic nitrogens is 1. The molecule has 0 fully saturated rings. The van der Waals surface area contributed by atoms with Crippen LogP contribution in [0.25, 0.3) is 22.0 Å². The van der Waals surface area contributed by atoms with E-state index in [-0.39, 0.29) is 17.6 Å². The van der Waals surface area contributed by atoms with Crippen LogP contribution in [-0.2, 0) is 4.79 Å². The molecule has 1 aromatic heterocycles. The maximum absolute atomic E-state index is 13.5. The van der Waals surface area contributed by atoms with Gasteiger partial charge in [0.25, 0.3) is 11.8 Å². The van der Waals surface area contributed by atoms with Gasteiger partial charge in [-0.2, -0.15) is 0 Å². The lowest BCUT2D eigenvalue weighted by Gasteiger charge is -2.08. The predicted molar refractivity (Wildman–Crippen MR) is 145 cm³/mol. The highest BCUT2D eigenvalue weighted by Gasteiger charge is 2.19. The molecular weight excluding hydrogens is 513 g/mol. The maximum atomic E-state index is 13.5. The van der Waals surface area contributed by atoms with Crippen molar-refractivity contribution in [3.63, 3.8) is 0 Å². The Morgan fingerprint density at radius 1 is 0.892 bits per heavy atom. The van der Waals surface area contributed by atoms with Gasteiger partial charge in [0.1, 0.15) is 22.3 Å². The number of benzene rings is 4. The van der Waals surface area contributed by atoms with E-state index in [1.807, 2.05) is 36.4 Å². The van der Waals surface area contributed by atoms with Gasteiger partial charge in [0, 0.05) is 11.1 Å². The number of amides is 2. The molecule has 184 valence electrons. The summed E-state index contributed by atoms with van der Waals surface area (Å²) < 4.78 is 19.0. The standard InChI is InChI=1S/C28H19ClFN3O3S/c29-22-10-3-4-11-23(22)36-16-24(34)31-28-32-25(18-12-14-19(30)15-13-18)27(37-28)33-26(35)21-9-5-7-17-6-1-2-8-20(17)21/h1-15H,16H2,(H,33,35)(H,31,32,34). The van der Waals surface area contributed by atoms with Crippen LogP contribution in [0.3, 0.4) is 0 Å². The summed E-state index contributed by atoms with van der Waals surface area (Å²) in [7, 11) is 0. The first kappa shape index (κ1) is 24.4. The number of ether oxygens (including phenoxy) is 1. The molecule has 5 rings (SSSR count). The van der Waals surface area contributed by atoms with Crippen LogP contribution >= 0.6 is 22.9 Å². The number of nitrogens with one attached hydrogen (secondary N) is 2. The van der Waals surface area contributed by atoms with Crippen LogP contribution < -0.4 is 15.4 Å². The third kappa shape index (κ3) is 5.61. The van der Waals surface area contributed by atoms with Gasteiger partial charge in [-0.15, -0.1) is 0 Å².